The van der Waals surface area contributed by atoms with Crippen LogP contribution < -0.4 is 4.90 Å². The minimum atomic E-state index is 0.763. The number of halogens is 1. The number of aromatic nitrogens is 3. The third kappa shape index (κ3) is 3.62. The molecular weight excluding hydrogens is 327 g/mol. The molecule has 88 valence electrons. The van der Waals surface area contributed by atoms with E-state index in [9.17, 15) is 0 Å². The quantitative estimate of drug-likeness (QED) is 0.800. The lowest BCUT2D eigenvalue weighted by Crippen LogP contribution is -2.22. The fourth-order valence-electron chi connectivity index (χ4n) is 1.45. The van der Waals surface area contributed by atoms with E-state index in [1.807, 2.05) is 44.0 Å². The van der Waals surface area contributed by atoms with E-state index in [1.165, 1.54) is 5.56 Å². The normalized spacial score (nSPS) is 10.2. The van der Waals surface area contributed by atoms with E-state index >= 15 is 0 Å². The van der Waals surface area contributed by atoms with Crippen molar-refractivity contribution in [2.45, 2.75) is 6.42 Å². The Labute approximate surface area is 114 Å². The van der Waals surface area contributed by atoms with Gasteiger partial charge in [0.25, 0.3) is 0 Å². The molecule has 0 N–H and O–H groups in total. The van der Waals surface area contributed by atoms with E-state index in [0.717, 1.165) is 22.5 Å². The predicted octanol–water partition coefficient (Wildman–Crippen LogP) is 2.16. The lowest BCUT2D eigenvalue weighted by atomic mass is 10.2. The van der Waals surface area contributed by atoms with E-state index in [2.05, 4.69) is 42.4 Å². The van der Waals surface area contributed by atoms with Gasteiger partial charge >= 0.3 is 0 Å². The molecule has 0 amide bonds. The van der Waals surface area contributed by atoms with E-state index < -0.39 is 0 Å². The first-order valence-electron chi connectivity index (χ1n) is 5.33. The smallest absolute Gasteiger partial charge is 0.225 e. The summed E-state index contributed by atoms with van der Waals surface area (Å²) in [5, 5.41) is 0. The highest BCUT2D eigenvalue weighted by Gasteiger charge is 2.03. The Bertz CT molecular complexity index is 458. The van der Waals surface area contributed by atoms with Gasteiger partial charge in [-0.15, -0.1) is 0 Å². The van der Waals surface area contributed by atoms with Crippen molar-refractivity contribution in [2.75, 3.05) is 18.5 Å². The van der Waals surface area contributed by atoms with Gasteiger partial charge in [-0.1, -0.05) is 0 Å². The summed E-state index contributed by atoms with van der Waals surface area (Å²) in [4.78, 5) is 14.6. The molecule has 2 rings (SSSR count). The van der Waals surface area contributed by atoms with Crippen molar-refractivity contribution in [2.24, 2.45) is 0 Å². The highest BCUT2D eigenvalue weighted by molar-refractivity contribution is 14.1. The van der Waals surface area contributed by atoms with E-state index in [4.69, 9.17) is 0 Å². The second-order valence-corrected chi connectivity index (χ2v) is 4.97. The summed E-state index contributed by atoms with van der Waals surface area (Å²) in [6.45, 7) is 0.893. The highest BCUT2D eigenvalue weighted by Crippen LogP contribution is 2.08. The van der Waals surface area contributed by atoms with Crippen LogP contribution in [0.25, 0.3) is 0 Å². The van der Waals surface area contributed by atoms with Crippen LogP contribution in [-0.2, 0) is 6.42 Å². The number of hydrogen-bond acceptors (Lipinski definition) is 4. The third-order valence-electron chi connectivity index (χ3n) is 2.43. The van der Waals surface area contributed by atoms with Crippen LogP contribution in [-0.4, -0.2) is 28.5 Å². The molecule has 0 spiro atoms. The van der Waals surface area contributed by atoms with Crippen LogP contribution >= 0.6 is 22.6 Å². The Morgan fingerprint density at radius 2 is 1.82 bits per heavy atom. The molecule has 0 aliphatic heterocycles. The number of anilines is 1. The second-order valence-electron chi connectivity index (χ2n) is 3.73. The molecule has 4 nitrogen and oxygen atoms in total. The minimum Gasteiger partial charge on any atom is -0.344 e. The first-order valence-corrected chi connectivity index (χ1v) is 6.41. The van der Waals surface area contributed by atoms with Gasteiger partial charge in [0, 0.05) is 41.9 Å². The summed E-state index contributed by atoms with van der Waals surface area (Å²) in [5.41, 5.74) is 1.28. The molecule has 0 aromatic carbocycles. The SMILES string of the molecule is CN(CCc1ccncc1)c1ncc(I)cn1. The van der Waals surface area contributed by atoms with Crippen LogP contribution in [0.4, 0.5) is 5.95 Å². The number of rotatable bonds is 4. The molecule has 0 bridgehead atoms. The molecule has 2 heterocycles. The number of likely N-dealkylation sites (N-methyl/N-ethyl adjacent to an activating group) is 1. The molecule has 0 aliphatic carbocycles. The Balaban J connectivity index is 1.93. The fraction of sp³-hybridized carbons (Fsp3) is 0.250. The van der Waals surface area contributed by atoms with Gasteiger partial charge in [-0.2, -0.15) is 0 Å². The molecule has 0 fully saturated rings. The Hall–Kier alpha value is -1.24. The maximum absolute atomic E-state index is 4.29. The molecule has 0 saturated heterocycles. The summed E-state index contributed by atoms with van der Waals surface area (Å²) in [7, 11) is 2.00. The van der Waals surface area contributed by atoms with Gasteiger partial charge in [-0.3, -0.25) is 4.98 Å². The van der Waals surface area contributed by atoms with Gasteiger partial charge in [-0.25, -0.2) is 9.97 Å². The Morgan fingerprint density at radius 1 is 1.18 bits per heavy atom. The zero-order chi connectivity index (χ0) is 12.1. The molecule has 2 aromatic heterocycles. The van der Waals surface area contributed by atoms with Crippen LogP contribution in [0.5, 0.6) is 0 Å². The molecule has 0 radical (unpaired) electrons. The summed E-state index contributed by atoms with van der Waals surface area (Å²) >= 11 is 2.20. The Morgan fingerprint density at radius 3 is 2.47 bits per heavy atom. The molecule has 17 heavy (non-hydrogen) atoms. The lowest BCUT2D eigenvalue weighted by Gasteiger charge is -2.16. The molecule has 5 heteroatoms. The molecule has 0 atom stereocenters. The summed E-state index contributed by atoms with van der Waals surface area (Å²) in [6.07, 6.45) is 8.25. The van der Waals surface area contributed by atoms with Crippen LogP contribution in [0.15, 0.2) is 36.9 Å². The minimum absolute atomic E-state index is 0.763. The molecule has 0 saturated carbocycles. The number of nitrogens with zero attached hydrogens (tertiary/aromatic N) is 4. The molecular formula is C12H13IN4. The van der Waals surface area contributed by atoms with E-state index in [1.54, 1.807) is 0 Å². The van der Waals surface area contributed by atoms with Gasteiger partial charge in [0.2, 0.25) is 5.95 Å². The molecule has 0 unspecified atom stereocenters. The van der Waals surface area contributed by atoms with Gasteiger partial charge in [0.15, 0.2) is 0 Å². The van der Waals surface area contributed by atoms with E-state index in [-0.39, 0.29) is 0 Å². The average Bonchev–Trinajstić information content (AvgIpc) is 2.38. The largest absolute Gasteiger partial charge is 0.344 e. The van der Waals surface area contributed by atoms with Crippen LogP contribution in [0.1, 0.15) is 5.56 Å². The van der Waals surface area contributed by atoms with E-state index in [0.29, 0.717) is 0 Å². The third-order valence-corrected chi connectivity index (χ3v) is 2.99. The van der Waals surface area contributed by atoms with Crippen molar-refractivity contribution in [1.82, 2.24) is 15.0 Å². The summed E-state index contributed by atoms with van der Waals surface area (Å²) in [5.74, 6) is 0.763. The standard InChI is InChI=1S/C12H13IN4/c1-17(12-15-8-11(13)9-16-12)7-4-10-2-5-14-6-3-10/h2-3,5-6,8-9H,4,7H2,1H3. The topological polar surface area (TPSA) is 41.9 Å². The van der Waals surface area contributed by atoms with Gasteiger partial charge in [0.1, 0.15) is 0 Å². The summed E-state index contributed by atoms with van der Waals surface area (Å²) in [6, 6.07) is 4.06. The highest BCUT2D eigenvalue weighted by atomic mass is 127. The average molecular weight is 340 g/mol. The first-order chi connectivity index (χ1) is 8.25. The zero-order valence-corrected chi connectivity index (χ0v) is 11.7. The van der Waals surface area contributed by atoms with Crippen molar-refractivity contribution in [3.05, 3.63) is 46.1 Å². The monoisotopic (exact) mass is 340 g/mol. The predicted molar refractivity (Wildman–Crippen MR) is 76.0 cm³/mol. The van der Waals surface area contributed by atoms with Gasteiger partial charge < -0.3 is 4.90 Å². The van der Waals surface area contributed by atoms with Crippen molar-refractivity contribution in [3.63, 3.8) is 0 Å². The number of pyridine rings is 1. The van der Waals surface area contributed by atoms with Crippen LogP contribution in [0, 0.1) is 3.57 Å². The first kappa shape index (κ1) is 12.2. The second kappa shape index (κ2) is 5.90. The van der Waals surface area contributed by atoms with Crippen molar-refractivity contribution < 1.29 is 0 Å². The fourth-order valence-corrected chi connectivity index (χ4v) is 1.73. The van der Waals surface area contributed by atoms with Gasteiger partial charge in [-0.05, 0) is 46.7 Å². The summed E-state index contributed by atoms with van der Waals surface area (Å²) < 4.78 is 1.05. The zero-order valence-electron chi connectivity index (χ0n) is 9.55. The maximum Gasteiger partial charge on any atom is 0.225 e. The van der Waals surface area contributed by atoms with Crippen molar-refractivity contribution in [1.29, 1.82) is 0 Å². The molecule has 0 aliphatic rings. The van der Waals surface area contributed by atoms with Crippen LogP contribution in [0.3, 0.4) is 0 Å². The van der Waals surface area contributed by atoms with Crippen molar-refractivity contribution >= 4 is 28.5 Å². The van der Waals surface area contributed by atoms with Crippen LogP contribution in [0.2, 0.25) is 0 Å². The lowest BCUT2D eigenvalue weighted by molar-refractivity contribution is 0.835. The number of hydrogen-bond donors (Lipinski definition) is 0. The Kier molecular flexibility index (Phi) is 4.24. The van der Waals surface area contributed by atoms with Gasteiger partial charge in [0.05, 0.1) is 0 Å². The van der Waals surface area contributed by atoms with Crippen molar-refractivity contribution in [3.8, 4) is 0 Å². The molecule has 2 aromatic rings. The maximum atomic E-state index is 4.29.